The molecule has 1 amide bonds. The number of amides is 1. The van der Waals surface area contributed by atoms with Gasteiger partial charge in [-0.2, -0.15) is 0 Å². The summed E-state index contributed by atoms with van der Waals surface area (Å²) in [6, 6.07) is 8.61. The Morgan fingerprint density at radius 2 is 2.05 bits per heavy atom. The van der Waals surface area contributed by atoms with E-state index in [1.54, 1.807) is 0 Å². The summed E-state index contributed by atoms with van der Waals surface area (Å²) in [6.45, 7) is 7.52. The van der Waals surface area contributed by atoms with Crippen LogP contribution in [0.4, 0.5) is 11.4 Å². The average molecular weight is 286 g/mol. The van der Waals surface area contributed by atoms with E-state index in [1.807, 2.05) is 12.1 Å². The van der Waals surface area contributed by atoms with Gasteiger partial charge >= 0.3 is 0 Å². The van der Waals surface area contributed by atoms with E-state index in [-0.39, 0.29) is 5.91 Å². The Labute approximate surface area is 128 Å². The molecule has 1 aromatic rings. The van der Waals surface area contributed by atoms with Crippen LogP contribution in [0.3, 0.4) is 0 Å². The normalized spacial score (nSPS) is 17.2. The van der Waals surface area contributed by atoms with Gasteiger partial charge in [-0.15, -0.1) is 0 Å². The van der Waals surface area contributed by atoms with Crippen molar-refractivity contribution in [2.24, 2.45) is 5.92 Å². The first-order chi connectivity index (χ1) is 10.1. The van der Waals surface area contributed by atoms with E-state index in [0.29, 0.717) is 18.4 Å². The van der Waals surface area contributed by atoms with Gasteiger partial charge in [0.15, 0.2) is 0 Å². The molecule has 0 saturated heterocycles. The Morgan fingerprint density at radius 1 is 1.33 bits per heavy atom. The van der Waals surface area contributed by atoms with Crippen LogP contribution in [0, 0.1) is 5.92 Å². The van der Waals surface area contributed by atoms with Crippen molar-refractivity contribution in [2.45, 2.75) is 46.1 Å². The van der Waals surface area contributed by atoms with Crippen molar-refractivity contribution in [2.75, 3.05) is 16.8 Å². The number of anilines is 2. The highest BCUT2D eigenvalue weighted by Crippen LogP contribution is 2.22. The molecule has 1 unspecified atom stereocenters. The molecule has 0 heterocycles. The third-order valence-corrected chi connectivity index (χ3v) is 4.01. The minimum absolute atomic E-state index is 0.107. The number of benzene rings is 1. The zero-order valence-electron chi connectivity index (χ0n) is 13.3. The summed E-state index contributed by atoms with van der Waals surface area (Å²) in [5.41, 5.74) is 2.08. The first kappa shape index (κ1) is 15.6. The highest BCUT2D eigenvalue weighted by molar-refractivity contribution is 5.91. The lowest BCUT2D eigenvalue weighted by Gasteiger charge is -2.27. The van der Waals surface area contributed by atoms with Crippen LogP contribution in [0.25, 0.3) is 0 Å². The molecule has 0 bridgehead atoms. The topological polar surface area (TPSA) is 32.3 Å². The molecular formula is C18H26N2O. The molecule has 0 aromatic heterocycles. The minimum atomic E-state index is 0.107. The zero-order chi connectivity index (χ0) is 15.2. The highest BCUT2D eigenvalue weighted by Gasteiger charge is 2.14. The van der Waals surface area contributed by atoms with Crippen molar-refractivity contribution in [1.82, 2.24) is 0 Å². The van der Waals surface area contributed by atoms with Gasteiger partial charge in [0.25, 0.3) is 0 Å². The molecule has 3 nitrogen and oxygen atoms in total. The summed E-state index contributed by atoms with van der Waals surface area (Å²) >= 11 is 0. The van der Waals surface area contributed by atoms with E-state index < -0.39 is 0 Å². The van der Waals surface area contributed by atoms with Crippen molar-refractivity contribution < 1.29 is 4.79 Å². The second-order valence-electron chi connectivity index (χ2n) is 5.94. The Kier molecular flexibility index (Phi) is 5.43. The molecular weight excluding hydrogens is 260 g/mol. The fourth-order valence-corrected chi connectivity index (χ4v) is 2.90. The standard InChI is InChI=1S/C18H26N2O/c1-4-20(14(2)3)17-11-9-16(10-12-17)19-18(21)13-15-7-5-6-8-15/h5,7,9-12,14-15H,4,6,8,13H2,1-3H3,(H,19,21). The zero-order valence-corrected chi connectivity index (χ0v) is 13.3. The van der Waals surface area contributed by atoms with Crippen molar-refractivity contribution >= 4 is 17.3 Å². The molecule has 3 heteroatoms. The fourth-order valence-electron chi connectivity index (χ4n) is 2.90. The lowest BCUT2D eigenvalue weighted by molar-refractivity contribution is -0.116. The van der Waals surface area contributed by atoms with Gasteiger partial charge in [0, 0.05) is 30.4 Å². The van der Waals surface area contributed by atoms with Gasteiger partial charge in [0.05, 0.1) is 0 Å². The molecule has 2 rings (SSSR count). The summed E-state index contributed by atoms with van der Waals surface area (Å²) in [4.78, 5) is 14.3. The van der Waals surface area contributed by atoms with Crippen LogP contribution in [0.5, 0.6) is 0 Å². The molecule has 0 aliphatic heterocycles. The maximum absolute atomic E-state index is 12.0. The van der Waals surface area contributed by atoms with E-state index in [4.69, 9.17) is 0 Å². The van der Waals surface area contributed by atoms with Gasteiger partial charge in [0.1, 0.15) is 0 Å². The Balaban J connectivity index is 1.92. The Hall–Kier alpha value is -1.77. The van der Waals surface area contributed by atoms with Gasteiger partial charge < -0.3 is 10.2 Å². The number of carbonyl (C=O) groups excluding carboxylic acids is 1. The lowest BCUT2D eigenvalue weighted by Crippen LogP contribution is -2.30. The molecule has 114 valence electrons. The molecule has 0 spiro atoms. The van der Waals surface area contributed by atoms with Crippen molar-refractivity contribution in [1.29, 1.82) is 0 Å². The van der Waals surface area contributed by atoms with E-state index in [9.17, 15) is 4.79 Å². The molecule has 1 aliphatic rings. The van der Waals surface area contributed by atoms with Crippen LogP contribution in [0.15, 0.2) is 36.4 Å². The number of allylic oxidation sites excluding steroid dienone is 2. The third kappa shape index (κ3) is 4.35. The van der Waals surface area contributed by atoms with Crippen LogP contribution >= 0.6 is 0 Å². The smallest absolute Gasteiger partial charge is 0.224 e. The van der Waals surface area contributed by atoms with E-state index in [2.05, 4.69) is 55.3 Å². The Morgan fingerprint density at radius 3 is 2.57 bits per heavy atom. The first-order valence-corrected chi connectivity index (χ1v) is 7.93. The number of carbonyl (C=O) groups is 1. The number of hydrogen-bond donors (Lipinski definition) is 1. The van der Waals surface area contributed by atoms with E-state index >= 15 is 0 Å². The van der Waals surface area contributed by atoms with Gasteiger partial charge in [-0.1, -0.05) is 12.2 Å². The molecule has 0 fully saturated rings. The highest BCUT2D eigenvalue weighted by atomic mass is 16.1. The summed E-state index contributed by atoms with van der Waals surface area (Å²) in [5, 5.41) is 2.99. The second kappa shape index (κ2) is 7.30. The summed E-state index contributed by atoms with van der Waals surface area (Å²) in [7, 11) is 0. The maximum Gasteiger partial charge on any atom is 0.224 e. The summed E-state index contributed by atoms with van der Waals surface area (Å²) < 4.78 is 0. The first-order valence-electron chi connectivity index (χ1n) is 7.93. The van der Waals surface area contributed by atoms with Crippen LogP contribution < -0.4 is 10.2 Å². The predicted molar refractivity (Wildman–Crippen MR) is 89.7 cm³/mol. The maximum atomic E-state index is 12.0. The average Bonchev–Trinajstić information content (AvgIpc) is 2.94. The third-order valence-electron chi connectivity index (χ3n) is 4.01. The van der Waals surface area contributed by atoms with E-state index in [1.165, 1.54) is 5.69 Å². The quantitative estimate of drug-likeness (QED) is 0.794. The molecule has 1 N–H and O–H groups in total. The van der Waals surface area contributed by atoms with Crippen molar-refractivity contribution in [3.05, 3.63) is 36.4 Å². The fraction of sp³-hybridized carbons (Fsp3) is 0.500. The molecule has 0 radical (unpaired) electrons. The molecule has 21 heavy (non-hydrogen) atoms. The van der Waals surface area contributed by atoms with Gasteiger partial charge in [-0.3, -0.25) is 4.79 Å². The van der Waals surface area contributed by atoms with Gasteiger partial charge in [-0.25, -0.2) is 0 Å². The van der Waals surface area contributed by atoms with Gasteiger partial charge in [-0.05, 0) is 63.8 Å². The molecule has 1 aliphatic carbocycles. The van der Waals surface area contributed by atoms with Gasteiger partial charge in [0.2, 0.25) is 5.91 Å². The molecule has 1 aromatic carbocycles. The SMILES string of the molecule is CCN(c1ccc(NC(=O)CC2C=CCC2)cc1)C(C)C. The summed E-state index contributed by atoms with van der Waals surface area (Å²) in [5.74, 6) is 0.524. The van der Waals surface area contributed by atoms with E-state index in [0.717, 1.165) is 25.1 Å². The number of nitrogens with one attached hydrogen (secondary N) is 1. The van der Waals surface area contributed by atoms with Crippen LogP contribution in [-0.2, 0) is 4.79 Å². The largest absolute Gasteiger partial charge is 0.369 e. The number of hydrogen-bond acceptors (Lipinski definition) is 2. The molecule has 1 atom stereocenters. The van der Waals surface area contributed by atoms with Crippen LogP contribution in [0.1, 0.15) is 40.0 Å². The monoisotopic (exact) mass is 286 g/mol. The molecule has 0 saturated carbocycles. The summed E-state index contributed by atoms with van der Waals surface area (Å²) in [6.07, 6.45) is 7.12. The lowest BCUT2D eigenvalue weighted by atomic mass is 10.1. The van der Waals surface area contributed by atoms with Crippen LogP contribution in [0.2, 0.25) is 0 Å². The second-order valence-corrected chi connectivity index (χ2v) is 5.94. The van der Waals surface area contributed by atoms with Crippen LogP contribution in [-0.4, -0.2) is 18.5 Å². The van der Waals surface area contributed by atoms with Crippen molar-refractivity contribution in [3.8, 4) is 0 Å². The number of nitrogens with zero attached hydrogens (tertiary/aromatic N) is 1. The van der Waals surface area contributed by atoms with Crippen molar-refractivity contribution in [3.63, 3.8) is 0 Å². The number of rotatable bonds is 6. The predicted octanol–water partition coefficient (Wildman–Crippen LogP) is 4.22. The Bertz CT molecular complexity index is 490. The minimum Gasteiger partial charge on any atom is -0.369 e.